The summed E-state index contributed by atoms with van der Waals surface area (Å²) in [5.41, 5.74) is 2.03. The minimum absolute atomic E-state index is 0.0875. The predicted octanol–water partition coefficient (Wildman–Crippen LogP) is 4.47. The van der Waals surface area contributed by atoms with Crippen molar-refractivity contribution < 1.29 is 9.53 Å². The zero-order chi connectivity index (χ0) is 19.3. The van der Waals surface area contributed by atoms with Gasteiger partial charge in [0, 0.05) is 31.3 Å². The molecule has 0 aliphatic carbocycles. The summed E-state index contributed by atoms with van der Waals surface area (Å²) in [6.45, 7) is 4.03. The van der Waals surface area contributed by atoms with E-state index in [0.717, 1.165) is 43.1 Å². The molecule has 1 saturated heterocycles. The fourth-order valence-electron chi connectivity index (χ4n) is 3.80. The van der Waals surface area contributed by atoms with Crippen LogP contribution in [0.15, 0.2) is 54.7 Å². The molecule has 5 nitrogen and oxygen atoms in total. The van der Waals surface area contributed by atoms with E-state index >= 15 is 0 Å². The molecule has 4 rings (SSSR count). The van der Waals surface area contributed by atoms with Gasteiger partial charge in [-0.2, -0.15) is 0 Å². The number of piperidine rings is 1. The SMILES string of the molecule is CCOC(=O)CC1CCN(c2nccc(-c3ccc4ccccc4c3)n2)CC1. The third-order valence-electron chi connectivity index (χ3n) is 5.35. The molecule has 0 saturated carbocycles. The van der Waals surface area contributed by atoms with E-state index in [2.05, 4.69) is 52.3 Å². The average molecular weight is 375 g/mol. The van der Waals surface area contributed by atoms with Gasteiger partial charge in [-0.1, -0.05) is 36.4 Å². The maximum Gasteiger partial charge on any atom is 0.306 e. The minimum atomic E-state index is -0.0875. The first-order valence-electron chi connectivity index (χ1n) is 9.95. The number of carbonyl (C=O) groups is 1. The number of carbonyl (C=O) groups excluding carboxylic acids is 1. The zero-order valence-electron chi connectivity index (χ0n) is 16.2. The molecule has 0 atom stereocenters. The molecule has 144 valence electrons. The van der Waals surface area contributed by atoms with Crippen molar-refractivity contribution in [3.05, 3.63) is 54.7 Å². The molecule has 1 aliphatic rings. The second-order valence-corrected chi connectivity index (χ2v) is 7.24. The number of nitrogens with zero attached hydrogens (tertiary/aromatic N) is 3. The third-order valence-corrected chi connectivity index (χ3v) is 5.35. The van der Waals surface area contributed by atoms with Gasteiger partial charge in [0.1, 0.15) is 0 Å². The normalized spacial score (nSPS) is 15.0. The molecule has 3 aromatic rings. The van der Waals surface area contributed by atoms with Gasteiger partial charge in [0.2, 0.25) is 5.95 Å². The smallest absolute Gasteiger partial charge is 0.306 e. The fourth-order valence-corrected chi connectivity index (χ4v) is 3.80. The summed E-state index contributed by atoms with van der Waals surface area (Å²) in [7, 11) is 0. The molecule has 1 fully saturated rings. The maximum atomic E-state index is 11.7. The molecule has 5 heteroatoms. The molecule has 1 aliphatic heterocycles. The first-order valence-corrected chi connectivity index (χ1v) is 9.95. The van der Waals surface area contributed by atoms with Gasteiger partial charge in [-0.15, -0.1) is 0 Å². The monoisotopic (exact) mass is 375 g/mol. The molecule has 0 unspecified atom stereocenters. The topological polar surface area (TPSA) is 55.3 Å². The molecule has 0 spiro atoms. The van der Waals surface area contributed by atoms with Crippen LogP contribution >= 0.6 is 0 Å². The van der Waals surface area contributed by atoms with Crippen LogP contribution in [0, 0.1) is 5.92 Å². The molecule has 0 radical (unpaired) electrons. The Morgan fingerprint density at radius 2 is 1.89 bits per heavy atom. The largest absolute Gasteiger partial charge is 0.466 e. The van der Waals surface area contributed by atoms with E-state index in [9.17, 15) is 4.79 Å². The van der Waals surface area contributed by atoms with Crippen LogP contribution in [0.1, 0.15) is 26.2 Å². The predicted molar refractivity (Wildman–Crippen MR) is 111 cm³/mol. The summed E-state index contributed by atoms with van der Waals surface area (Å²) in [4.78, 5) is 23.2. The van der Waals surface area contributed by atoms with Gasteiger partial charge in [-0.05, 0) is 48.6 Å². The van der Waals surface area contributed by atoms with Crippen molar-refractivity contribution in [2.75, 3.05) is 24.6 Å². The van der Waals surface area contributed by atoms with Gasteiger partial charge in [0.15, 0.2) is 0 Å². The lowest BCUT2D eigenvalue weighted by Gasteiger charge is -2.31. The molecular formula is C23H25N3O2. The zero-order valence-corrected chi connectivity index (χ0v) is 16.2. The molecule has 28 heavy (non-hydrogen) atoms. The van der Waals surface area contributed by atoms with Crippen molar-refractivity contribution in [3.8, 4) is 11.3 Å². The Morgan fingerprint density at radius 1 is 1.11 bits per heavy atom. The van der Waals surface area contributed by atoms with E-state index in [1.807, 2.05) is 19.2 Å². The highest BCUT2D eigenvalue weighted by atomic mass is 16.5. The van der Waals surface area contributed by atoms with Gasteiger partial charge < -0.3 is 9.64 Å². The number of esters is 1. The first-order chi connectivity index (χ1) is 13.7. The molecule has 0 N–H and O–H groups in total. The van der Waals surface area contributed by atoms with Crippen LogP contribution in [0.2, 0.25) is 0 Å². The van der Waals surface area contributed by atoms with E-state index in [4.69, 9.17) is 9.72 Å². The van der Waals surface area contributed by atoms with Gasteiger partial charge in [-0.3, -0.25) is 4.79 Å². The van der Waals surface area contributed by atoms with Crippen molar-refractivity contribution in [3.63, 3.8) is 0 Å². The van der Waals surface area contributed by atoms with Crippen molar-refractivity contribution >= 4 is 22.7 Å². The summed E-state index contributed by atoms with van der Waals surface area (Å²) in [5, 5.41) is 2.43. The Morgan fingerprint density at radius 3 is 2.68 bits per heavy atom. The van der Waals surface area contributed by atoms with Crippen LogP contribution in [-0.4, -0.2) is 35.6 Å². The summed E-state index contributed by atoms with van der Waals surface area (Å²) in [6, 6.07) is 16.7. The Balaban J connectivity index is 1.46. The molecule has 0 bridgehead atoms. The standard InChI is InChI=1S/C23H25N3O2/c1-2-28-22(27)15-17-10-13-26(14-11-17)23-24-12-9-21(25-23)20-8-7-18-5-3-4-6-19(18)16-20/h3-9,12,16-17H,2,10-11,13-15H2,1H3. The minimum Gasteiger partial charge on any atom is -0.466 e. The van der Waals surface area contributed by atoms with Crippen molar-refractivity contribution in [1.82, 2.24) is 9.97 Å². The number of rotatable bonds is 5. The van der Waals surface area contributed by atoms with Crippen LogP contribution in [-0.2, 0) is 9.53 Å². The summed E-state index contributed by atoms with van der Waals surface area (Å²) >= 11 is 0. The van der Waals surface area contributed by atoms with Crippen molar-refractivity contribution in [2.24, 2.45) is 5.92 Å². The van der Waals surface area contributed by atoms with Gasteiger partial charge >= 0.3 is 5.97 Å². The van der Waals surface area contributed by atoms with Gasteiger partial charge in [0.25, 0.3) is 0 Å². The Bertz CT molecular complexity index is 965. The summed E-state index contributed by atoms with van der Waals surface area (Å²) in [5.74, 6) is 1.06. The average Bonchev–Trinajstić information content (AvgIpc) is 2.74. The van der Waals surface area contributed by atoms with E-state index in [1.165, 1.54) is 10.8 Å². The van der Waals surface area contributed by atoms with Crippen LogP contribution in [0.25, 0.3) is 22.0 Å². The van der Waals surface area contributed by atoms with Crippen LogP contribution in [0.4, 0.5) is 5.95 Å². The highest BCUT2D eigenvalue weighted by Gasteiger charge is 2.23. The number of hydrogen-bond donors (Lipinski definition) is 0. The van der Waals surface area contributed by atoms with Crippen molar-refractivity contribution in [2.45, 2.75) is 26.2 Å². The maximum absolute atomic E-state index is 11.7. The summed E-state index contributed by atoms with van der Waals surface area (Å²) < 4.78 is 5.07. The van der Waals surface area contributed by atoms with E-state index < -0.39 is 0 Å². The van der Waals surface area contributed by atoms with E-state index in [1.54, 1.807) is 0 Å². The second-order valence-electron chi connectivity index (χ2n) is 7.24. The summed E-state index contributed by atoms with van der Waals surface area (Å²) in [6.07, 6.45) is 4.27. The Labute approximate surface area is 165 Å². The quantitative estimate of drug-likeness (QED) is 0.616. The number of benzene rings is 2. The van der Waals surface area contributed by atoms with Gasteiger partial charge in [0.05, 0.1) is 12.3 Å². The molecule has 0 amide bonds. The van der Waals surface area contributed by atoms with Gasteiger partial charge in [-0.25, -0.2) is 9.97 Å². The fraction of sp³-hybridized carbons (Fsp3) is 0.348. The molecule has 2 heterocycles. The molecule has 2 aromatic carbocycles. The number of hydrogen-bond acceptors (Lipinski definition) is 5. The lowest BCUT2D eigenvalue weighted by atomic mass is 9.94. The molecule has 1 aromatic heterocycles. The number of anilines is 1. The number of aromatic nitrogens is 2. The number of ether oxygens (including phenoxy) is 1. The lowest BCUT2D eigenvalue weighted by Crippen LogP contribution is -2.35. The van der Waals surface area contributed by atoms with Crippen molar-refractivity contribution in [1.29, 1.82) is 0 Å². The molecular weight excluding hydrogens is 350 g/mol. The van der Waals surface area contributed by atoms with E-state index in [-0.39, 0.29) is 5.97 Å². The second kappa shape index (κ2) is 8.38. The Hall–Kier alpha value is -2.95. The first kappa shape index (κ1) is 18.4. The third kappa shape index (κ3) is 4.14. The Kier molecular flexibility index (Phi) is 5.51. The lowest BCUT2D eigenvalue weighted by molar-refractivity contribution is -0.144. The highest BCUT2D eigenvalue weighted by molar-refractivity contribution is 5.86. The van der Waals surface area contributed by atoms with Crippen LogP contribution < -0.4 is 4.90 Å². The van der Waals surface area contributed by atoms with E-state index in [0.29, 0.717) is 18.9 Å². The highest BCUT2D eigenvalue weighted by Crippen LogP contribution is 2.27. The van der Waals surface area contributed by atoms with Crippen LogP contribution in [0.5, 0.6) is 0 Å². The van der Waals surface area contributed by atoms with Crippen LogP contribution in [0.3, 0.4) is 0 Å². The number of fused-ring (bicyclic) bond motifs is 1.